The molecule has 56 heavy (non-hydrogen) atoms. The topological polar surface area (TPSA) is 0 Å². The Morgan fingerprint density at radius 3 is 1.09 bits per heavy atom. The van der Waals surface area contributed by atoms with Crippen molar-refractivity contribution in [2.45, 2.75) is 27.7 Å². The summed E-state index contributed by atoms with van der Waals surface area (Å²) in [5, 5.41) is 15.4. The van der Waals surface area contributed by atoms with Crippen LogP contribution in [0.2, 0.25) is 0 Å². The molecule has 0 amide bonds. The summed E-state index contributed by atoms with van der Waals surface area (Å²) in [6.45, 7) is 14.5. The van der Waals surface area contributed by atoms with E-state index in [1.807, 2.05) is 27.7 Å². The van der Waals surface area contributed by atoms with Crippen LogP contribution in [-0.4, -0.2) is 0 Å². The molecular weight excluding hydrogens is 673 g/mol. The van der Waals surface area contributed by atoms with E-state index >= 15 is 0 Å². The van der Waals surface area contributed by atoms with E-state index in [0.29, 0.717) is 0 Å². The fraction of sp³-hybridized carbons (Fsp3) is 0.0714. The molecule has 0 unspecified atom stereocenters. The second-order valence-corrected chi connectivity index (χ2v) is 13.7. The van der Waals surface area contributed by atoms with Crippen LogP contribution in [0, 0.1) is 0 Å². The highest BCUT2D eigenvalue weighted by Gasteiger charge is 2.15. The lowest BCUT2D eigenvalue weighted by Gasteiger charge is -2.16. The van der Waals surface area contributed by atoms with Crippen LogP contribution in [0.1, 0.15) is 27.7 Å². The van der Waals surface area contributed by atoms with Gasteiger partial charge in [0.2, 0.25) is 0 Å². The van der Waals surface area contributed by atoms with Crippen molar-refractivity contribution in [2.75, 3.05) is 0 Å². The van der Waals surface area contributed by atoms with Gasteiger partial charge in [-0.15, -0.1) is 13.2 Å². The molecule has 0 aliphatic rings. The van der Waals surface area contributed by atoms with E-state index in [0.717, 1.165) is 0 Å². The summed E-state index contributed by atoms with van der Waals surface area (Å²) in [6.07, 6.45) is 3.50. The maximum atomic E-state index is 3.36. The van der Waals surface area contributed by atoms with Gasteiger partial charge >= 0.3 is 0 Å². The first-order valence-corrected chi connectivity index (χ1v) is 19.6. The third-order valence-corrected chi connectivity index (χ3v) is 10.2. The van der Waals surface area contributed by atoms with Gasteiger partial charge in [-0.05, 0) is 142 Å². The predicted octanol–water partition coefficient (Wildman–Crippen LogP) is 17.0. The fourth-order valence-corrected chi connectivity index (χ4v) is 7.92. The second kappa shape index (κ2) is 17.1. The normalized spacial score (nSPS) is 10.6. The number of fused-ring (bicyclic) bond motifs is 9. The van der Waals surface area contributed by atoms with Gasteiger partial charge in [0.15, 0.2) is 0 Å². The Morgan fingerprint density at radius 2 is 0.625 bits per heavy atom. The first kappa shape index (κ1) is 37.6. The largest absolute Gasteiger partial charge is 0.103 e. The van der Waals surface area contributed by atoms with Crippen LogP contribution in [0.4, 0.5) is 0 Å². The minimum atomic E-state index is 1.24. The highest BCUT2D eigenvalue weighted by molar-refractivity contribution is 6.24. The van der Waals surface area contributed by atoms with Gasteiger partial charge in [0.25, 0.3) is 0 Å². The first-order valence-electron chi connectivity index (χ1n) is 19.6. The van der Waals surface area contributed by atoms with Gasteiger partial charge in [-0.25, -0.2) is 0 Å². The number of benzene rings is 10. The van der Waals surface area contributed by atoms with E-state index in [1.165, 1.54) is 98.0 Å². The van der Waals surface area contributed by atoms with E-state index in [1.54, 1.807) is 12.2 Å². The Balaban J connectivity index is 0.000000559. The highest BCUT2D eigenvalue weighted by Crippen LogP contribution is 2.43. The molecule has 0 saturated heterocycles. The molecule has 0 heteroatoms. The van der Waals surface area contributed by atoms with Crippen molar-refractivity contribution in [3.05, 3.63) is 207 Å². The Labute approximate surface area is 331 Å². The lowest BCUT2D eigenvalue weighted by molar-refractivity contribution is 1.50. The van der Waals surface area contributed by atoms with Crippen LogP contribution >= 0.6 is 0 Å². The van der Waals surface area contributed by atoms with Gasteiger partial charge in [0.1, 0.15) is 0 Å². The van der Waals surface area contributed by atoms with Gasteiger partial charge < -0.3 is 0 Å². The summed E-state index contributed by atoms with van der Waals surface area (Å²) in [7, 11) is 0. The highest BCUT2D eigenvalue weighted by atomic mass is 14.2. The molecule has 272 valence electrons. The van der Waals surface area contributed by atoms with Crippen molar-refractivity contribution < 1.29 is 0 Å². The zero-order valence-electron chi connectivity index (χ0n) is 32.9. The molecule has 0 saturated carbocycles. The maximum Gasteiger partial charge on any atom is -0.00923 e. The fourth-order valence-electron chi connectivity index (χ4n) is 7.92. The third kappa shape index (κ3) is 7.10. The molecule has 0 heterocycles. The van der Waals surface area contributed by atoms with Crippen LogP contribution in [-0.2, 0) is 0 Å². The lowest BCUT2D eigenvalue weighted by Crippen LogP contribution is -1.89. The van der Waals surface area contributed by atoms with Gasteiger partial charge in [-0.1, -0.05) is 178 Å². The summed E-state index contributed by atoms with van der Waals surface area (Å²) < 4.78 is 0. The molecule has 0 aromatic heterocycles. The average molecular weight is 721 g/mol. The Morgan fingerprint density at radius 1 is 0.286 bits per heavy atom. The standard InChI is InChI=1S/C48H30.2C3H6.C2H6/c1-2-12-31(13-3-1)45-29-47-43-21-11-9-19-41(43)46(30-48(47)42-20-10-8-18-40(42)45)36-25-23-32-26-35(24-22-33(32)27-36)44-28-34-14-4-5-15-37(34)38-16-6-7-17-39(38)44;2*1-3-2;1-2/h1-30H;2*3H,1H2,2H3;1-2H3. The van der Waals surface area contributed by atoms with Crippen molar-refractivity contribution in [2.24, 2.45) is 0 Å². The number of rotatable bonds is 3. The van der Waals surface area contributed by atoms with E-state index < -0.39 is 0 Å². The van der Waals surface area contributed by atoms with E-state index in [4.69, 9.17) is 0 Å². The smallest absolute Gasteiger partial charge is 0.00923 e. The second-order valence-electron chi connectivity index (χ2n) is 13.7. The zero-order chi connectivity index (χ0) is 39.0. The van der Waals surface area contributed by atoms with Crippen molar-refractivity contribution in [1.29, 1.82) is 0 Å². The molecule has 0 spiro atoms. The van der Waals surface area contributed by atoms with Gasteiger partial charge in [-0.2, -0.15) is 0 Å². The summed E-state index contributed by atoms with van der Waals surface area (Å²) in [6, 6.07) is 67.1. The quantitative estimate of drug-likeness (QED) is 0.126. The zero-order valence-corrected chi connectivity index (χ0v) is 32.9. The van der Waals surface area contributed by atoms with Crippen molar-refractivity contribution in [3.63, 3.8) is 0 Å². The maximum absolute atomic E-state index is 3.36. The van der Waals surface area contributed by atoms with Gasteiger partial charge in [0, 0.05) is 0 Å². The van der Waals surface area contributed by atoms with Crippen LogP contribution in [0.5, 0.6) is 0 Å². The molecule has 0 fully saturated rings. The summed E-state index contributed by atoms with van der Waals surface area (Å²) in [5.74, 6) is 0. The molecule has 0 nitrogen and oxygen atoms in total. The van der Waals surface area contributed by atoms with Crippen molar-refractivity contribution in [3.8, 4) is 33.4 Å². The lowest BCUT2D eigenvalue weighted by atomic mass is 9.87. The summed E-state index contributed by atoms with van der Waals surface area (Å²) in [4.78, 5) is 0. The molecule has 10 rings (SSSR count). The van der Waals surface area contributed by atoms with Gasteiger partial charge in [0.05, 0.1) is 0 Å². The minimum Gasteiger partial charge on any atom is -0.103 e. The Kier molecular flexibility index (Phi) is 11.5. The van der Waals surface area contributed by atoms with Gasteiger partial charge in [-0.3, -0.25) is 0 Å². The van der Waals surface area contributed by atoms with Crippen molar-refractivity contribution in [1.82, 2.24) is 0 Å². The van der Waals surface area contributed by atoms with E-state index in [-0.39, 0.29) is 0 Å². The molecule has 0 bridgehead atoms. The number of hydrogen-bond donors (Lipinski definition) is 0. The first-order chi connectivity index (χ1) is 27.6. The molecule has 0 aliphatic carbocycles. The average Bonchev–Trinajstić information content (AvgIpc) is 3.26. The molecule has 10 aromatic carbocycles. The number of allylic oxidation sites excluding steroid dienone is 2. The van der Waals surface area contributed by atoms with Crippen LogP contribution in [0.15, 0.2) is 207 Å². The minimum absolute atomic E-state index is 1.24. The SMILES string of the molecule is C=CC.C=CC.CC.c1ccc(-c2cc3c4ccccc4c(-c4ccc5cc(-c6cc7ccccc7c7ccccc67)ccc5c4)cc3c3ccccc23)cc1. The van der Waals surface area contributed by atoms with E-state index in [9.17, 15) is 0 Å². The Hall–Kier alpha value is -6.76. The Bertz CT molecular complexity index is 2980. The predicted molar refractivity (Wildman–Crippen MR) is 251 cm³/mol. The molecule has 0 atom stereocenters. The number of hydrogen-bond acceptors (Lipinski definition) is 0. The van der Waals surface area contributed by atoms with Crippen LogP contribution in [0.25, 0.3) is 98.0 Å². The van der Waals surface area contributed by atoms with Crippen LogP contribution in [0.3, 0.4) is 0 Å². The van der Waals surface area contributed by atoms with Crippen LogP contribution < -0.4 is 0 Å². The molecule has 10 aromatic rings. The molecule has 0 aliphatic heterocycles. The summed E-state index contributed by atoms with van der Waals surface area (Å²) >= 11 is 0. The van der Waals surface area contributed by atoms with Crippen molar-refractivity contribution >= 4 is 64.6 Å². The van der Waals surface area contributed by atoms with E-state index in [2.05, 4.69) is 195 Å². The third-order valence-electron chi connectivity index (χ3n) is 10.2. The monoisotopic (exact) mass is 720 g/mol. The molecule has 0 radical (unpaired) electrons. The summed E-state index contributed by atoms with van der Waals surface area (Å²) in [5.41, 5.74) is 7.54. The molecular formula is C56H48. The molecule has 0 N–H and O–H groups in total.